The van der Waals surface area contributed by atoms with Crippen LogP contribution >= 0.6 is 0 Å². The van der Waals surface area contributed by atoms with Crippen LogP contribution in [0.2, 0.25) is 0 Å². The molecule has 0 bridgehead atoms. The van der Waals surface area contributed by atoms with Gasteiger partial charge in [0, 0.05) is 53.5 Å². The minimum Gasteiger partial charge on any atom is -0.356 e. The zero-order valence-corrected chi connectivity index (χ0v) is 23.0. The zero-order chi connectivity index (χ0) is 28.5. The second-order valence-corrected chi connectivity index (χ2v) is 11.6. The lowest BCUT2D eigenvalue weighted by Gasteiger charge is -2.43. The first-order valence-electron chi connectivity index (χ1n) is 15.1. The second kappa shape index (κ2) is 9.44. The molecule has 194 valence electrons. The normalized spacial score (nSPS) is 31.1. The van der Waals surface area contributed by atoms with Crippen LogP contribution in [0.5, 0.6) is 0 Å². The number of aromatic nitrogens is 3. The molecule has 2 aliphatic rings. The fourth-order valence-corrected chi connectivity index (χ4v) is 6.67. The zero-order valence-electron chi connectivity index (χ0n) is 26.0. The summed E-state index contributed by atoms with van der Waals surface area (Å²) in [6, 6.07) is 0.676. The van der Waals surface area contributed by atoms with Crippen molar-refractivity contribution in [3.8, 4) is 0 Å². The van der Waals surface area contributed by atoms with Gasteiger partial charge in [0.25, 0.3) is 5.56 Å². The quantitative estimate of drug-likeness (QED) is 0.445. The highest BCUT2D eigenvalue weighted by molar-refractivity contribution is 5.80. The molecule has 7 unspecified atom stereocenters. The second-order valence-electron chi connectivity index (χ2n) is 11.6. The van der Waals surface area contributed by atoms with E-state index in [2.05, 4.69) is 51.6 Å². The maximum atomic E-state index is 13.8. The van der Waals surface area contributed by atoms with Crippen molar-refractivity contribution in [1.29, 1.82) is 0 Å². The van der Waals surface area contributed by atoms with Crippen LogP contribution < -0.4 is 5.56 Å². The first-order chi connectivity index (χ1) is 18.3. The van der Waals surface area contributed by atoms with E-state index in [1.165, 1.54) is 0 Å². The Morgan fingerprint density at radius 3 is 2.64 bits per heavy atom. The molecular weight excluding hydrogens is 448 g/mol. The molecule has 1 fully saturated rings. The SMILES string of the molecule is [2H]c1c(C)c([2H])c2onc(C3CCN(CC(C)c4c(C)nc5n(c4=O)C(C)C(C)C(C)C5)C(C)C3C)c2c1[2H]. The predicted molar refractivity (Wildman–Crippen MR) is 145 cm³/mol. The van der Waals surface area contributed by atoms with Gasteiger partial charge in [-0.2, -0.15) is 0 Å². The Hall–Kier alpha value is -2.47. The molecule has 36 heavy (non-hydrogen) atoms. The third-order valence-electron chi connectivity index (χ3n) is 9.43. The third-order valence-corrected chi connectivity index (χ3v) is 9.43. The monoisotopic (exact) mass is 493 g/mol. The Morgan fingerprint density at radius 2 is 1.89 bits per heavy atom. The minimum atomic E-state index is 0.0447. The van der Waals surface area contributed by atoms with Gasteiger partial charge in [-0.15, -0.1) is 0 Å². The summed E-state index contributed by atoms with van der Waals surface area (Å²) in [5.74, 6) is 2.19. The molecule has 0 spiro atoms. The Bertz CT molecular complexity index is 1480. The van der Waals surface area contributed by atoms with Crippen LogP contribution in [0.15, 0.2) is 27.4 Å². The summed E-state index contributed by atoms with van der Waals surface area (Å²) in [6.07, 6.45) is 1.68. The number of fused-ring (bicyclic) bond motifs is 2. The molecule has 2 aliphatic heterocycles. The summed E-state index contributed by atoms with van der Waals surface area (Å²) >= 11 is 0. The van der Waals surface area contributed by atoms with E-state index in [1.54, 1.807) is 6.92 Å². The van der Waals surface area contributed by atoms with E-state index in [0.29, 0.717) is 34.1 Å². The van der Waals surface area contributed by atoms with E-state index in [1.807, 2.05) is 11.5 Å². The lowest BCUT2D eigenvalue weighted by Crippen LogP contribution is -2.48. The van der Waals surface area contributed by atoms with Gasteiger partial charge < -0.3 is 4.52 Å². The Labute approximate surface area is 219 Å². The van der Waals surface area contributed by atoms with Gasteiger partial charge in [-0.05, 0) is 76.1 Å². The number of aryl methyl sites for hydroxylation is 1. The molecule has 0 radical (unpaired) electrons. The summed E-state index contributed by atoms with van der Waals surface area (Å²) in [6.45, 7) is 18.5. The van der Waals surface area contributed by atoms with Gasteiger partial charge >= 0.3 is 0 Å². The van der Waals surface area contributed by atoms with Gasteiger partial charge in [0.15, 0.2) is 5.58 Å². The van der Waals surface area contributed by atoms with E-state index < -0.39 is 0 Å². The summed E-state index contributed by atoms with van der Waals surface area (Å²) in [5.41, 5.74) is 3.27. The molecule has 0 saturated carbocycles. The fraction of sp³-hybridized carbons (Fsp3) is 0.633. The summed E-state index contributed by atoms with van der Waals surface area (Å²) in [4.78, 5) is 21.2. The van der Waals surface area contributed by atoms with Gasteiger partial charge in [0.05, 0.1) is 9.81 Å². The van der Waals surface area contributed by atoms with Gasteiger partial charge in [-0.3, -0.25) is 14.3 Å². The third kappa shape index (κ3) is 4.11. The highest BCUT2D eigenvalue weighted by Crippen LogP contribution is 2.40. The number of likely N-dealkylation sites (tertiary alicyclic amines) is 1. The Morgan fingerprint density at radius 1 is 1.14 bits per heavy atom. The standard InChI is InChI=1S/C30H42N4O2/c1-16-9-10-25-26(13-16)36-32-29(25)24-11-12-33(22(7)20(24)5)15-18(3)28-21(6)31-27-14-17(2)19(4)23(8)34(27)30(28)35/h9-10,13,17-20,22-24H,11-12,14-15H2,1-8H3/i9D,10D,13D. The lowest BCUT2D eigenvalue weighted by molar-refractivity contribution is 0.0889. The van der Waals surface area contributed by atoms with Crippen LogP contribution in [-0.4, -0.2) is 38.7 Å². The summed E-state index contributed by atoms with van der Waals surface area (Å²) < 4.78 is 32.8. The van der Waals surface area contributed by atoms with Crippen molar-refractivity contribution in [3.05, 3.63) is 56.8 Å². The largest absolute Gasteiger partial charge is 0.356 e. The van der Waals surface area contributed by atoms with Gasteiger partial charge in [0.1, 0.15) is 5.82 Å². The van der Waals surface area contributed by atoms with Crippen LogP contribution in [0.3, 0.4) is 0 Å². The minimum absolute atomic E-state index is 0.0447. The Balaban J connectivity index is 1.40. The van der Waals surface area contributed by atoms with Crippen LogP contribution in [0.1, 0.15) is 98.3 Å². The van der Waals surface area contributed by atoms with E-state index in [-0.39, 0.29) is 53.5 Å². The maximum Gasteiger partial charge on any atom is 0.257 e. The van der Waals surface area contributed by atoms with Crippen LogP contribution in [-0.2, 0) is 6.42 Å². The summed E-state index contributed by atoms with van der Waals surface area (Å²) in [7, 11) is 0. The molecule has 7 atom stereocenters. The topological polar surface area (TPSA) is 64.2 Å². The fourth-order valence-electron chi connectivity index (χ4n) is 6.67. The van der Waals surface area contributed by atoms with Crippen molar-refractivity contribution < 1.29 is 8.64 Å². The molecule has 0 N–H and O–H groups in total. The van der Waals surface area contributed by atoms with Gasteiger partial charge in [-0.25, -0.2) is 4.98 Å². The number of hydrogen-bond donors (Lipinski definition) is 0. The van der Waals surface area contributed by atoms with Crippen molar-refractivity contribution in [2.45, 2.75) is 92.2 Å². The van der Waals surface area contributed by atoms with Gasteiger partial charge in [0.2, 0.25) is 0 Å². The van der Waals surface area contributed by atoms with E-state index in [4.69, 9.17) is 13.6 Å². The number of rotatable bonds is 4. The molecule has 0 aliphatic carbocycles. The van der Waals surface area contributed by atoms with Crippen molar-refractivity contribution in [2.75, 3.05) is 13.1 Å². The maximum absolute atomic E-state index is 13.8. The lowest BCUT2D eigenvalue weighted by atomic mass is 9.78. The van der Waals surface area contributed by atoms with Crippen molar-refractivity contribution in [2.24, 2.45) is 17.8 Å². The molecule has 5 rings (SSSR count). The number of nitrogens with zero attached hydrogens (tertiary/aromatic N) is 4. The van der Waals surface area contributed by atoms with Crippen LogP contribution in [0.25, 0.3) is 11.0 Å². The van der Waals surface area contributed by atoms with E-state index >= 15 is 0 Å². The van der Waals surface area contributed by atoms with Crippen molar-refractivity contribution in [3.63, 3.8) is 0 Å². The predicted octanol–water partition coefficient (Wildman–Crippen LogP) is 6.01. The van der Waals surface area contributed by atoms with E-state index in [0.717, 1.165) is 43.0 Å². The molecule has 1 aromatic carbocycles. The van der Waals surface area contributed by atoms with Crippen molar-refractivity contribution >= 4 is 11.0 Å². The molecule has 1 saturated heterocycles. The Kier molecular flexibility index (Phi) is 5.66. The first-order valence-corrected chi connectivity index (χ1v) is 13.6. The smallest absolute Gasteiger partial charge is 0.257 e. The molecule has 4 heterocycles. The molecule has 2 aromatic heterocycles. The molecule has 3 aromatic rings. The molecular formula is C30H42N4O2. The summed E-state index contributed by atoms with van der Waals surface area (Å²) in [5, 5.41) is 4.87. The first kappa shape index (κ1) is 21.6. The molecule has 6 heteroatoms. The van der Waals surface area contributed by atoms with Crippen LogP contribution in [0, 0.1) is 31.6 Å². The highest BCUT2D eigenvalue weighted by atomic mass is 16.5. The number of hydrogen-bond acceptors (Lipinski definition) is 5. The van der Waals surface area contributed by atoms with Gasteiger partial charge in [-0.1, -0.05) is 38.9 Å². The average Bonchev–Trinajstić information content (AvgIpc) is 3.32. The van der Waals surface area contributed by atoms with Crippen molar-refractivity contribution in [1.82, 2.24) is 19.6 Å². The number of piperidine rings is 1. The van der Waals surface area contributed by atoms with Crippen LogP contribution in [0.4, 0.5) is 0 Å². The number of benzene rings is 1. The van der Waals surface area contributed by atoms with E-state index in [9.17, 15) is 4.79 Å². The average molecular weight is 494 g/mol. The molecule has 6 nitrogen and oxygen atoms in total. The highest BCUT2D eigenvalue weighted by Gasteiger charge is 2.37. The molecule has 0 amide bonds.